The standard InChI is InChI=1S/C10H16N4.ClH/c1-8-5-13-10(6-12-8)14-4-2-3-9(11)7-14;/h5-6,9H,2-4,7,11H2,1H3;1H. The second-order valence-corrected chi connectivity index (χ2v) is 3.86. The number of hydrogen-bond acceptors (Lipinski definition) is 4. The molecule has 1 aliphatic heterocycles. The number of nitrogens with zero attached hydrogens (tertiary/aromatic N) is 3. The van der Waals surface area contributed by atoms with E-state index in [0.29, 0.717) is 0 Å². The summed E-state index contributed by atoms with van der Waals surface area (Å²) in [6.45, 7) is 3.89. The van der Waals surface area contributed by atoms with E-state index in [1.54, 1.807) is 6.20 Å². The first kappa shape index (κ1) is 12.2. The summed E-state index contributed by atoms with van der Waals surface area (Å²) in [7, 11) is 0. The maximum absolute atomic E-state index is 5.90. The third-order valence-corrected chi connectivity index (χ3v) is 2.55. The van der Waals surface area contributed by atoms with Crippen LogP contribution in [0.25, 0.3) is 0 Å². The smallest absolute Gasteiger partial charge is 0.147 e. The minimum atomic E-state index is 0. The fourth-order valence-electron chi connectivity index (χ4n) is 1.77. The predicted octanol–water partition coefficient (Wildman–Crippen LogP) is 1.13. The van der Waals surface area contributed by atoms with Crippen LogP contribution >= 0.6 is 12.4 Å². The number of aryl methyl sites for hydroxylation is 1. The molecule has 2 N–H and O–H groups in total. The summed E-state index contributed by atoms with van der Waals surface area (Å²) in [6.07, 6.45) is 5.90. The Balaban J connectivity index is 0.00000112. The van der Waals surface area contributed by atoms with E-state index in [1.165, 1.54) is 0 Å². The van der Waals surface area contributed by atoms with Crippen molar-refractivity contribution in [2.24, 2.45) is 5.73 Å². The van der Waals surface area contributed by atoms with Crippen LogP contribution in [0.4, 0.5) is 5.82 Å². The van der Waals surface area contributed by atoms with Gasteiger partial charge in [0, 0.05) is 19.1 Å². The van der Waals surface area contributed by atoms with Gasteiger partial charge in [0.15, 0.2) is 0 Å². The topological polar surface area (TPSA) is 55.0 Å². The van der Waals surface area contributed by atoms with Crippen molar-refractivity contribution in [3.8, 4) is 0 Å². The molecule has 4 nitrogen and oxygen atoms in total. The van der Waals surface area contributed by atoms with Gasteiger partial charge in [0.1, 0.15) is 5.82 Å². The molecule has 0 amide bonds. The van der Waals surface area contributed by atoms with Gasteiger partial charge in [-0.2, -0.15) is 0 Å². The van der Waals surface area contributed by atoms with Crippen LogP contribution in [0.3, 0.4) is 0 Å². The second kappa shape index (κ2) is 5.28. The summed E-state index contributed by atoms with van der Waals surface area (Å²) < 4.78 is 0. The zero-order valence-electron chi connectivity index (χ0n) is 8.89. The van der Waals surface area contributed by atoms with Gasteiger partial charge in [-0.3, -0.25) is 4.98 Å². The van der Waals surface area contributed by atoms with Crippen molar-refractivity contribution in [1.82, 2.24) is 9.97 Å². The number of hydrogen-bond donors (Lipinski definition) is 1. The van der Waals surface area contributed by atoms with Crippen LogP contribution < -0.4 is 10.6 Å². The molecule has 1 saturated heterocycles. The van der Waals surface area contributed by atoms with E-state index in [1.807, 2.05) is 13.1 Å². The van der Waals surface area contributed by atoms with Crippen LogP contribution in [0.5, 0.6) is 0 Å². The summed E-state index contributed by atoms with van der Waals surface area (Å²) in [5.74, 6) is 0.950. The lowest BCUT2D eigenvalue weighted by Crippen LogP contribution is -2.43. The molecular weight excluding hydrogens is 212 g/mol. The molecule has 1 aromatic heterocycles. The van der Waals surface area contributed by atoms with Crippen LogP contribution in [0.2, 0.25) is 0 Å². The first-order chi connectivity index (χ1) is 6.75. The molecule has 1 unspecified atom stereocenters. The van der Waals surface area contributed by atoms with Crippen LogP contribution in [0, 0.1) is 6.92 Å². The van der Waals surface area contributed by atoms with Gasteiger partial charge in [-0.05, 0) is 19.8 Å². The lowest BCUT2D eigenvalue weighted by atomic mass is 10.1. The fourth-order valence-corrected chi connectivity index (χ4v) is 1.77. The number of rotatable bonds is 1. The Labute approximate surface area is 96.3 Å². The fraction of sp³-hybridized carbons (Fsp3) is 0.600. The average molecular weight is 229 g/mol. The van der Waals surface area contributed by atoms with E-state index in [0.717, 1.165) is 37.4 Å². The SMILES string of the molecule is Cc1cnc(N2CCCC(N)C2)cn1.Cl. The van der Waals surface area contributed by atoms with Gasteiger partial charge in [0.2, 0.25) is 0 Å². The van der Waals surface area contributed by atoms with E-state index >= 15 is 0 Å². The zero-order valence-corrected chi connectivity index (χ0v) is 9.70. The van der Waals surface area contributed by atoms with Crippen molar-refractivity contribution in [2.45, 2.75) is 25.8 Å². The molecule has 0 bridgehead atoms. The number of anilines is 1. The Morgan fingerprint density at radius 2 is 2.20 bits per heavy atom. The highest BCUT2D eigenvalue weighted by Crippen LogP contribution is 2.15. The van der Waals surface area contributed by atoms with E-state index in [4.69, 9.17) is 5.73 Å². The highest BCUT2D eigenvalue weighted by Gasteiger charge is 2.17. The van der Waals surface area contributed by atoms with Gasteiger partial charge in [0.25, 0.3) is 0 Å². The monoisotopic (exact) mass is 228 g/mol. The predicted molar refractivity (Wildman–Crippen MR) is 63.4 cm³/mol. The molecule has 0 aliphatic carbocycles. The third-order valence-electron chi connectivity index (χ3n) is 2.55. The molecule has 0 saturated carbocycles. The van der Waals surface area contributed by atoms with Crippen molar-refractivity contribution < 1.29 is 0 Å². The quantitative estimate of drug-likeness (QED) is 0.783. The molecule has 1 aromatic rings. The van der Waals surface area contributed by atoms with Crippen molar-refractivity contribution in [3.63, 3.8) is 0 Å². The molecule has 15 heavy (non-hydrogen) atoms. The molecule has 2 rings (SSSR count). The minimum absolute atomic E-state index is 0. The minimum Gasteiger partial charge on any atom is -0.354 e. The van der Waals surface area contributed by atoms with Crippen LogP contribution in [0.1, 0.15) is 18.5 Å². The van der Waals surface area contributed by atoms with Crippen LogP contribution in [-0.2, 0) is 0 Å². The number of aromatic nitrogens is 2. The molecule has 1 fully saturated rings. The molecule has 2 heterocycles. The first-order valence-electron chi connectivity index (χ1n) is 5.05. The lowest BCUT2D eigenvalue weighted by molar-refractivity contribution is 0.502. The second-order valence-electron chi connectivity index (χ2n) is 3.86. The van der Waals surface area contributed by atoms with Crippen molar-refractivity contribution in [1.29, 1.82) is 0 Å². The maximum atomic E-state index is 5.90. The van der Waals surface area contributed by atoms with Gasteiger partial charge in [-0.25, -0.2) is 4.98 Å². The highest BCUT2D eigenvalue weighted by atomic mass is 35.5. The van der Waals surface area contributed by atoms with Gasteiger partial charge in [-0.15, -0.1) is 12.4 Å². The van der Waals surface area contributed by atoms with E-state index in [9.17, 15) is 0 Å². The van der Waals surface area contributed by atoms with Gasteiger partial charge in [-0.1, -0.05) is 0 Å². The molecule has 0 radical (unpaired) electrons. The average Bonchev–Trinajstić information content (AvgIpc) is 2.19. The largest absolute Gasteiger partial charge is 0.354 e. The van der Waals surface area contributed by atoms with Crippen molar-refractivity contribution in [3.05, 3.63) is 18.1 Å². The number of nitrogens with two attached hydrogens (primary N) is 1. The summed E-state index contributed by atoms with van der Waals surface area (Å²) in [5, 5.41) is 0. The summed E-state index contributed by atoms with van der Waals surface area (Å²) in [6, 6.07) is 0.284. The van der Waals surface area contributed by atoms with E-state index in [2.05, 4.69) is 14.9 Å². The Bertz CT molecular complexity index is 301. The molecule has 0 spiro atoms. The number of halogens is 1. The first-order valence-corrected chi connectivity index (χ1v) is 5.05. The molecule has 1 atom stereocenters. The Kier molecular flexibility index (Phi) is 4.29. The van der Waals surface area contributed by atoms with Gasteiger partial charge >= 0.3 is 0 Å². The summed E-state index contributed by atoms with van der Waals surface area (Å²) >= 11 is 0. The van der Waals surface area contributed by atoms with Crippen molar-refractivity contribution in [2.75, 3.05) is 18.0 Å². The van der Waals surface area contributed by atoms with Gasteiger partial charge < -0.3 is 10.6 Å². The summed E-state index contributed by atoms with van der Waals surface area (Å²) in [5.41, 5.74) is 6.86. The Morgan fingerprint density at radius 1 is 1.40 bits per heavy atom. The normalized spacial score (nSPS) is 20.9. The van der Waals surface area contributed by atoms with Gasteiger partial charge in [0.05, 0.1) is 18.1 Å². The van der Waals surface area contributed by atoms with Crippen LogP contribution in [-0.4, -0.2) is 29.1 Å². The molecule has 1 aliphatic rings. The van der Waals surface area contributed by atoms with Crippen molar-refractivity contribution >= 4 is 18.2 Å². The Morgan fingerprint density at radius 3 is 2.80 bits per heavy atom. The number of piperidine rings is 1. The third kappa shape index (κ3) is 3.04. The molecule has 0 aromatic carbocycles. The molecule has 5 heteroatoms. The summed E-state index contributed by atoms with van der Waals surface area (Å²) in [4.78, 5) is 10.8. The maximum Gasteiger partial charge on any atom is 0.147 e. The highest BCUT2D eigenvalue weighted by molar-refractivity contribution is 5.85. The Hall–Kier alpha value is -0.870. The molecular formula is C10H17ClN4. The van der Waals surface area contributed by atoms with E-state index < -0.39 is 0 Å². The zero-order chi connectivity index (χ0) is 9.97. The van der Waals surface area contributed by atoms with Crippen LogP contribution in [0.15, 0.2) is 12.4 Å². The lowest BCUT2D eigenvalue weighted by Gasteiger charge is -2.31. The van der Waals surface area contributed by atoms with E-state index in [-0.39, 0.29) is 18.4 Å². The molecule has 84 valence electrons.